The van der Waals surface area contributed by atoms with Gasteiger partial charge >= 0.3 is 0 Å². The maximum Gasteiger partial charge on any atom is 0.254 e. The van der Waals surface area contributed by atoms with E-state index in [0.29, 0.717) is 18.7 Å². The fourth-order valence-corrected chi connectivity index (χ4v) is 5.10. The molecule has 0 atom stereocenters. The second-order valence-corrected chi connectivity index (χ2v) is 12.5. The summed E-state index contributed by atoms with van der Waals surface area (Å²) < 4.78 is 8.15. The number of unbranched alkanes of at least 4 members (excludes halogenated alkanes) is 1. The average Bonchev–Trinajstić information content (AvgIpc) is 3.44. The molecule has 2 heterocycles. The Morgan fingerprint density at radius 1 is 0.929 bits per heavy atom. The summed E-state index contributed by atoms with van der Waals surface area (Å²) in [7, 11) is 0. The van der Waals surface area contributed by atoms with E-state index in [1.165, 1.54) is 11.1 Å². The number of fused-ring (bicyclic) bond motifs is 1. The topological polar surface area (TPSA) is 68.5 Å². The number of nitrogens with zero attached hydrogens (tertiary/aromatic N) is 3. The smallest absolute Gasteiger partial charge is 0.254 e. The van der Waals surface area contributed by atoms with Crippen LogP contribution in [0.25, 0.3) is 16.9 Å². The molecule has 1 amide bonds. The maximum absolute atomic E-state index is 13.2. The van der Waals surface area contributed by atoms with Gasteiger partial charge in [0.1, 0.15) is 5.75 Å². The Hall–Kier alpha value is -3.67. The van der Waals surface area contributed by atoms with E-state index in [1.807, 2.05) is 40.9 Å². The van der Waals surface area contributed by atoms with Crippen LogP contribution in [0.15, 0.2) is 60.8 Å². The molecule has 0 bridgehead atoms. The summed E-state index contributed by atoms with van der Waals surface area (Å²) in [5, 5.41) is 7.90. The first kappa shape index (κ1) is 31.3. The van der Waals surface area contributed by atoms with Crippen LogP contribution in [0.4, 0.5) is 0 Å². The van der Waals surface area contributed by atoms with Gasteiger partial charge in [-0.1, -0.05) is 97.4 Å². The Morgan fingerprint density at radius 3 is 2.36 bits per heavy atom. The lowest BCUT2D eigenvalue weighted by atomic mass is 9.76. The number of hydrogen-bond donors (Lipinski definition) is 1. The molecule has 0 aliphatic carbocycles. The summed E-state index contributed by atoms with van der Waals surface area (Å²) in [6.07, 6.45) is 7.16. The fourth-order valence-electron chi connectivity index (χ4n) is 5.10. The molecule has 6 nitrogen and oxygen atoms in total. The SMILES string of the molecule is CCCc1c(C(=O)NCCCCOc2ccc(C(C)(C)CC)cc2C(C)(C)CC)cnc2cc(-c3ccccc3)nn12. The second kappa shape index (κ2) is 13.5. The van der Waals surface area contributed by atoms with E-state index in [-0.39, 0.29) is 16.7 Å². The summed E-state index contributed by atoms with van der Waals surface area (Å²) in [5.41, 5.74) is 6.92. The molecular weight excluding hydrogens is 520 g/mol. The molecule has 2 aromatic heterocycles. The van der Waals surface area contributed by atoms with Crippen molar-refractivity contribution < 1.29 is 9.53 Å². The molecule has 224 valence electrons. The van der Waals surface area contributed by atoms with Gasteiger partial charge in [0, 0.05) is 29.9 Å². The van der Waals surface area contributed by atoms with E-state index in [2.05, 4.69) is 77.0 Å². The van der Waals surface area contributed by atoms with E-state index in [9.17, 15) is 4.79 Å². The van der Waals surface area contributed by atoms with Gasteiger partial charge in [-0.15, -0.1) is 0 Å². The third-order valence-corrected chi connectivity index (χ3v) is 8.76. The van der Waals surface area contributed by atoms with Gasteiger partial charge in [-0.25, -0.2) is 9.50 Å². The highest BCUT2D eigenvalue weighted by Gasteiger charge is 2.26. The summed E-state index contributed by atoms with van der Waals surface area (Å²) in [4.78, 5) is 17.8. The number of carbonyl (C=O) groups excluding carboxylic acids is 1. The summed E-state index contributed by atoms with van der Waals surface area (Å²) in [6, 6.07) is 18.7. The molecule has 6 heteroatoms. The molecule has 0 unspecified atom stereocenters. The van der Waals surface area contributed by atoms with E-state index in [4.69, 9.17) is 9.84 Å². The van der Waals surface area contributed by atoms with Crippen LogP contribution in [0.2, 0.25) is 0 Å². The third-order valence-electron chi connectivity index (χ3n) is 8.76. The molecule has 0 saturated carbocycles. The second-order valence-electron chi connectivity index (χ2n) is 12.5. The van der Waals surface area contributed by atoms with Crippen molar-refractivity contribution in [2.75, 3.05) is 13.2 Å². The van der Waals surface area contributed by atoms with E-state index in [0.717, 1.165) is 66.9 Å². The lowest BCUT2D eigenvalue weighted by molar-refractivity contribution is 0.0950. The highest BCUT2D eigenvalue weighted by molar-refractivity contribution is 5.95. The number of nitrogens with one attached hydrogen (secondary N) is 1. The molecule has 0 fully saturated rings. The number of hydrogen-bond acceptors (Lipinski definition) is 4. The highest BCUT2D eigenvalue weighted by atomic mass is 16.5. The third kappa shape index (κ3) is 7.03. The van der Waals surface area contributed by atoms with Gasteiger partial charge in [0.05, 0.1) is 23.6 Å². The molecule has 4 aromatic rings. The zero-order valence-electron chi connectivity index (χ0n) is 26.6. The number of benzene rings is 2. The number of rotatable bonds is 14. The number of ether oxygens (including phenoxy) is 1. The van der Waals surface area contributed by atoms with Crippen molar-refractivity contribution in [2.45, 2.75) is 97.8 Å². The molecule has 42 heavy (non-hydrogen) atoms. The van der Waals surface area contributed by atoms with Crippen LogP contribution in [0.1, 0.15) is 108 Å². The molecule has 1 N–H and O–H groups in total. The minimum atomic E-state index is -0.105. The molecule has 0 aliphatic heterocycles. The van der Waals surface area contributed by atoms with Crippen molar-refractivity contribution >= 4 is 11.6 Å². The van der Waals surface area contributed by atoms with E-state index < -0.39 is 0 Å². The number of aryl methyl sites for hydroxylation is 1. The largest absolute Gasteiger partial charge is 0.493 e. The average molecular weight is 569 g/mol. The van der Waals surface area contributed by atoms with Gasteiger partial charge in [0.25, 0.3) is 5.91 Å². The van der Waals surface area contributed by atoms with Crippen molar-refractivity contribution in [1.29, 1.82) is 0 Å². The molecule has 2 aromatic carbocycles. The quantitative estimate of drug-likeness (QED) is 0.155. The van der Waals surface area contributed by atoms with Gasteiger partial charge in [-0.2, -0.15) is 5.10 Å². The Bertz CT molecular complexity index is 1490. The predicted molar refractivity (Wildman–Crippen MR) is 173 cm³/mol. The number of carbonyl (C=O) groups is 1. The molecule has 4 rings (SSSR count). The standard InChI is InChI=1S/C36H48N4O2/c1-8-16-31-28(25-38-33-24-30(39-40(31)33)26-17-12-11-13-18-26)34(41)37-21-14-15-22-42-32-20-19-27(35(4,5)9-2)23-29(32)36(6,7)10-3/h11-13,17-20,23-25H,8-10,14-16,21-22H2,1-7H3,(H,37,41). The van der Waals surface area contributed by atoms with Crippen LogP contribution in [-0.2, 0) is 17.3 Å². The van der Waals surface area contributed by atoms with Crippen LogP contribution in [0, 0.1) is 0 Å². The van der Waals surface area contributed by atoms with Crippen molar-refractivity contribution in [1.82, 2.24) is 19.9 Å². The number of amides is 1. The first-order chi connectivity index (χ1) is 20.1. The van der Waals surface area contributed by atoms with Gasteiger partial charge in [0.15, 0.2) is 5.65 Å². The fraction of sp³-hybridized carbons (Fsp3) is 0.472. The van der Waals surface area contributed by atoms with Crippen LogP contribution in [-0.4, -0.2) is 33.7 Å². The van der Waals surface area contributed by atoms with Crippen LogP contribution in [0.5, 0.6) is 5.75 Å². The Kier molecular flexibility index (Phi) is 10.1. The van der Waals surface area contributed by atoms with Gasteiger partial charge in [0.2, 0.25) is 0 Å². The van der Waals surface area contributed by atoms with Crippen molar-refractivity contribution in [3.63, 3.8) is 0 Å². The number of aromatic nitrogens is 3. The van der Waals surface area contributed by atoms with Crippen molar-refractivity contribution in [3.8, 4) is 17.0 Å². The van der Waals surface area contributed by atoms with Crippen LogP contribution in [0.3, 0.4) is 0 Å². The monoisotopic (exact) mass is 568 g/mol. The highest BCUT2D eigenvalue weighted by Crippen LogP contribution is 2.38. The van der Waals surface area contributed by atoms with E-state index >= 15 is 0 Å². The van der Waals surface area contributed by atoms with Gasteiger partial charge < -0.3 is 10.1 Å². The lowest BCUT2D eigenvalue weighted by Gasteiger charge is -2.30. The van der Waals surface area contributed by atoms with Gasteiger partial charge in [-0.05, 0) is 54.6 Å². The van der Waals surface area contributed by atoms with Gasteiger partial charge in [-0.3, -0.25) is 4.79 Å². The van der Waals surface area contributed by atoms with Crippen molar-refractivity contribution in [2.24, 2.45) is 0 Å². The Balaban J connectivity index is 1.37. The van der Waals surface area contributed by atoms with E-state index in [1.54, 1.807) is 6.20 Å². The maximum atomic E-state index is 13.2. The van der Waals surface area contributed by atoms with Crippen LogP contribution < -0.4 is 10.1 Å². The lowest BCUT2D eigenvalue weighted by Crippen LogP contribution is -2.27. The molecule has 0 radical (unpaired) electrons. The van der Waals surface area contributed by atoms with Crippen molar-refractivity contribution in [3.05, 3.63) is 83.2 Å². The first-order valence-electron chi connectivity index (χ1n) is 15.6. The zero-order chi connectivity index (χ0) is 30.3. The first-order valence-corrected chi connectivity index (χ1v) is 15.6. The minimum absolute atomic E-state index is 0.0326. The summed E-state index contributed by atoms with van der Waals surface area (Å²) in [5.74, 6) is 0.867. The Labute approximate surface area is 251 Å². The Morgan fingerprint density at radius 2 is 1.67 bits per heavy atom. The normalized spacial score (nSPS) is 12.1. The molecular formula is C36H48N4O2. The van der Waals surface area contributed by atoms with Crippen LogP contribution >= 0.6 is 0 Å². The minimum Gasteiger partial charge on any atom is -0.493 e. The summed E-state index contributed by atoms with van der Waals surface area (Å²) >= 11 is 0. The molecule has 0 spiro atoms. The molecule has 0 aliphatic rings. The predicted octanol–water partition coefficient (Wildman–Crippen LogP) is 8.31. The summed E-state index contributed by atoms with van der Waals surface area (Å²) in [6.45, 7) is 17.0. The molecule has 0 saturated heterocycles. The zero-order valence-corrected chi connectivity index (χ0v) is 26.6.